The molecule has 1 unspecified atom stereocenters. The van der Waals surface area contributed by atoms with Gasteiger partial charge in [-0.05, 0) is 18.8 Å². The van der Waals surface area contributed by atoms with Crippen LogP contribution in [0.2, 0.25) is 0 Å². The normalized spacial score (nSPS) is 15.4. The summed E-state index contributed by atoms with van der Waals surface area (Å²) in [5.74, 6) is 0.702. The third-order valence-corrected chi connectivity index (χ3v) is 2.79. The minimum atomic E-state index is -1.26. The molecule has 1 heterocycles. The third-order valence-electron chi connectivity index (χ3n) is 2.04. The van der Waals surface area contributed by atoms with Gasteiger partial charge in [-0.15, -0.1) is 0 Å². The molecule has 0 aliphatic heterocycles. The van der Waals surface area contributed by atoms with Crippen LogP contribution in [0.4, 0.5) is 0 Å². The summed E-state index contributed by atoms with van der Waals surface area (Å²) in [4.78, 5) is 8.27. The maximum Gasteiger partial charge on any atom is 0.219 e. The van der Waals surface area contributed by atoms with Gasteiger partial charge in [0.15, 0.2) is 0 Å². The van der Waals surface area contributed by atoms with Crippen molar-refractivity contribution in [3.8, 4) is 0 Å². The summed E-state index contributed by atoms with van der Waals surface area (Å²) in [7, 11) is 1.65. The fourth-order valence-electron chi connectivity index (χ4n) is 1.25. The Kier molecular flexibility index (Phi) is 4.77. The highest BCUT2D eigenvalue weighted by molar-refractivity contribution is 7.13. The number of nitrogens with zero attached hydrogens (tertiary/aromatic N) is 2. The molecule has 0 fully saturated rings. The molecule has 0 saturated heterocycles. The molecule has 6 heteroatoms. The number of hydrogen-bond acceptors (Lipinski definition) is 3. The minimum Gasteiger partial charge on any atom is -0.549 e. The van der Waals surface area contributed by atoms with E-state index < -0.39 is 11.1 Å². The second-order valence-electron chi connectivity index (χ2n) is 3.81. The molecule has 1 rings (SSSR count). The standard InChI is InChI=1S/C9H18N4OS/c1-7(2)5-4-6-11-9-8(10-3)12-15(14)13-9/h7H,4-6H2,1-3H3,(H,10,12)(H,11,13). The van der Waals surface area contributed by atoms with Crippen molar-refractivity contribution >= 4 is 11.1 Å². The Hall–Kier alpha value is -0.880. The molecular weight excluding hydrogens is 212 g/mol. The molecule has 0 aliphatic rings. The first kappa shape index (κ1) is 12.2. The average Bonchev–Trinajstić information content (AvgIpc) is 2.53. The molecule has 15 heavy (non-hydrogen) atoms. The SMILES string of the molecule is CN=c1[nH][s+]([O-])[nH]c1=NCCCC(C)C. The van der Waals surface area contributed by atoms with E-state index in [1.807, 2.05) is 0 Å². The van der Waals surface area contributed by atoms with Gasteiger partial charge in [0.2, 0.25) is 11.0 Å². The van der Waals surface area contributed by atoms with Crippen molar-refractivity contribution in [3.63, 3.8) is 0 Å². The van der Waals surface area contributed by atoms with Crippen LogP contribution in [0.1, 0.15) is 26.7 Å². The summed E-state index contributed by atoms with van der Waals surface area (Å²) in [6.07, 6.45) is 2.21. The molecule has 0 radical (unpaired) electrons. The van der Waals surface area contributed by atoms with Crippen LogP contribution in [0.15, 0.2) is 9.98 Å². The molecule has 86 valence electrons. The lowest BCUT2D eigenvalue weighted by atomic mass is 10.1. The molecule has 0 bridgehead atoms. The summed E-state index contributed by atoms with van der Waals surface area (Å²) in [5.41, 5.74) is 1.19. The van der Waals surface area contributed by atoms with Crippen molar-refractivity contribution in [2.24, 2.45) is 15.9 Å². The van der Waals surface area contributed by atoms with E-state index in [-0.39, 0.29) is 0 Å². The lowest BCUT2D eigenvalue weighted by molar-refractivity contribution is 0.558. The topological polar surface area (TPSA) is 79.4 Å². The molecule has 0 saturated carbocycles. The largest absolute Gasteiger partial charge is 0.549 e. The highest BCUT2D eigenvalue weighted by atomic mass is 32.2. The first-order chi connectivity index (χ1) is 7.13. The fourth-order valence-corrected chi connectivity index (χ4v) is 2.00. The van der Waals surface area contributed by atoms with Crippen LogP contribution < -0.4 is 11.0 Å². The Bertz CT molecular complexity index is 412. The van der Waals surface area contributed by atoms with Crippen LogP contribution in [0.25, 0.3) is 0 Å². The second-order valence-corrected chi connectivity index (χ2v) is 4.76. The Morgan fingerprint density at radius 3 is 2.60 bits per heavy atom. The van der Waals surface area contributed by atoms with Crippen molar-refractivity contribution in [1.29, 1.82) is 0 Å². The van der Waals surface area contributed by atoms with Gasteiger partial charge < -0.3 is 4.55 Å². The maximum atomic E-state index is 11.1. The van der Waals surface area contributed by atoms with E-state index in [9.17, 15) is 4.55 Å². The van der Waals surface area contributed by atoms with Gasteiger partial charge in [0.1, 0.15) is 11.1 Å². The molecule has 5 nitrogen and oxygen atoms in total. The Labute approximate surface area is 92.1 Å². The molecule has 1 atom stereocenters. The predicted molar refractivity (Wildman–Crippen MR) is 59.8 cm³/mol. The summed E-state index contributed by atoms with van der Waals surface area (Å²) in [6.45, 7) is 5.13. The lowest BCUT2D eigenvalue weighted by Gasteiger charge is -1.99. The number of rotatable bonds is 4. The number of aromatic amines is 2. The zero-order valence-corrected chi connectivity index (χ0v) is 10.2. The van der Waals surface area contributed by atoms with Crippen LogP contribution in [0.5, 0.6) is 0 Å². The van der Waals surface area contributed by atoms with E-state index in [4.69, 9.17) is 0 Å². The van der Waals surface area contributed by atoms with Crippen LogP contribution in [-0.2, 0) is 0 Å². The van der Waals surface area contributed by atoms with Gasteiger partial charge >= 0.3 is 0 Å². The average molecular weight is 230 g/mol. The highest BCUT2D eigenvalue weighted by Crippen LogP contribution is 2.02. The van der Waals surface area contributed by atoms with E-state index in [1.54, 1.807) is 7.05 Å². The molecule has 0 spiro atoms. The van der Waals surface area contributed by atoms with Crippen LogP contribution in [0, 0.1) is 5.92 Å². The van der Waals surface area contributed by atoms with Gasteiger partial charge in [0.05, 0.1) is 0 Å². The zero-order valence-electron chi connectivity index (χ0n) is 9.41. The lowest BCUT2D eigenvalue weighted by Crippen LogP contribution is -2.25. The third kappa shape index (κ3) is 4.01. The second kappa shape index (κ2) is 5.87. The smallest absolute Gasteiger partial charge is 0.219 e. The summed E-state index contributed by atoms with van der Waals surface area (Å²) in [6, 6.07) is 0. The van der Waals surface area contributed by atoms with Gasteiger partial charge in [0, 0.05) is 13.6 Å². The maximum absolute atomic E-state index is 11.1. The molecular formula is C9H18N4OS. The number of aromatic nitrogens is 2. The van der Waals surface area contributed by atoms with Crippen molar-refractivity contribution < 1.29 is 4.55 Å². The molecule has 1 aromatic heterocycles. The summed E-state index contributed by atoms with van der Waals surface area (Å²) in [5, 5.41) is 0. The van der Waals surface area contributed by atoms with Gasteiger partial charge in [-0.1, -0.05) is 13.8 Å². The Morgan fingerprint density at radius 1 is 1.33 bits per heavy atom. The van der Waals surface area contributed by atoms with Crippen molar-refractivity contribution in [2.45, 2.75) is 26.7 Å². The quantitative estimate of drug-likeness (QED) is 0.586. The van der Waals surface area contributed by atoms with Crippen LogP contribution in [0.3, 0.4) is 0 Å². The number of hydrogen-bond donors (Lipinski definition) is 2. The van der Waals surface area contributed by atoms with E-state index in [0.29, 0.717) is 16.9 Å². The number of H-pyrrole nitrogens is 2. The van der Waals surface area contributed by atoms with Gasteiger partial charge in [-0.2, -0.15) is 8.75 Å². The fraction of sp³-hybridized carbons (Fsp3) is 0.778. The van der Waals surface area contributed by atoms with E-state index >= 15 is 0 Å². The van der Waals surface area contributed by atoms with Crippen molar-refractivity contribution in [3.05, 3.63) is 11.0 Å². The van der Waals surface area contributed by atoms with Crippen molar-refractivity contribution in [2.75, 3.05) is 13.6 Å². The van der Waals surface area contributed by atoms with Crippen LogP contribution in [-0.4, -0.2) is 26.9 Å². The van der Waals surface area contributed by atoms with E-state index in [0.717, 1.165) is 19.4 Å². The minimum absolute atomic E-state index is 0.581. The van der Waals surface area contributed by atoms with Gasteiger partial charge in [-0.3, -0.25) is 9.98 Å². The Morgan fingerprint density at radius 2 is 2.00 bits per heavy atom. The van der Waals surface area contributed by atoms with E-state index in [2.05, 4.69) is 32.6 Å². The summed E-state index contributed by atoms with van der Waals surface area (Å²) >= 11 is -1.26. The first-order valence-corrected chi connectivity index (χ1v) is 6.25. The highest BCUT2D eigenvalue weighted by Gasteiger charge is 1.97. The van der Waals surface area contributed by atoms with E-state index in [1.165, 1.54) is 0 Å². The van der Waals surface area contributed by atoms with Crippen LogP contribution >= 0.6 is 11.1 Å². The predicted octanol–water partition coefficient (Wildman–Crippen LogP) is 0.938. The molecule has 1 aromatic rings. The van der Waals surface area contributed by atoms with Gasteiger partial charge in [-0.25, -0.2) is 0 Å². The zero-order chi connectivity index (χ0) is 11.3. The van der Waals surface area contributed by atoms with Gasteiger partial charge in [0.25, 0.3) is 0 Å². The first-order valence-electron chi connectivity index (χ1n) is 5.10. The van der Waals surface area contributed by atoms with Crippen molar-refractivity contribution in [1.82, 2.24) is 8.75 Å². The Balaban J connectivity index is 2.66. The molecule has 0 aromatic carbocycles. The molecule has 0 amide bonds. The monoisotopic (exact) mass is 230 g/mol. The molecule has 2 N–H and O–H groups in total. The number of nitrogens with one attached hydrogen (secondary N) is 2. The summed E-state index contributed by atoms with van der Waals surface area (Å²) < 4.78 is 16.5. The molecule has 0 aliphatic carbocycles.